The number of para-hydroxylation sites is 2. The van der Waals surface area contributed by atoms with Gasteiger partial charge >= 0.3 is 6.03 Å². The SMILES string of the molecule is Cc1cc(C)n(-c2ccccc2NC(=O)NC2CCS(=O)(=O)c3ccccc32)n1. The van der Waals surface area contributed by atoms with Gasteiger partial charge < -0.3 is 10.6 Å². The summed E-state index contributed by atoms with van der Waals surface area (Å²) >= 11 is 0. The van der Waals surface area contributed by atoms with Crippen molar-refractivity contribution < 1.29 is 13.2 Å². The minimum Gasteiger partial charge on any atom is -0.331 e. The Bertz CT molecular complexity index is 1180. The standard InChI is InChI=1S/C21H22N4O3S/c1-14-13-15(2)25(24-14)19-9-5-4-8-18(19)23-21(26)22-17-11-12-29(27,28)20-10-6-3-7-16(17)20/h3-10,13,17H,11-12H2,1-2H3,(H2,22,23,26). The lowest BCUT2D eigenvalue weighted by Gasteiger charge is -2.26. The number of fused-ring (bicyclic) bond motifs is 1. The molecule has 3 aromatic rings. The number of anilines is 1. The molecule has 7 nitrogen and oxygen atoms in total. The normalized spacial score (nSPS) is 17.4. The smallest absolute Gasteiger partial charge is 0.319 e. The molecule has 0 spiro atoms. The highest BCUT2D eigenvalue weighted by molar-refractivity contribution is 7.91. The highest BCUT2D eigenvalue weighted by Crippen LogP contribution is 2.32. The van der Waals surface area contributed by atoms with Crippen molar-refractivity contribution in [2.75, 3.05) is 11.1 Å². The van der Waals surface area contributed by atoms with Crippen LogP contribution in [0.25, 0.3) is 5.69 Å². The van der Waals surface area contributed by atoms with Gasteiger partial charge in [-0.3, -0.25) is 0 Å². The maximum atomic E-state index is 12.7. The second-order valence-electron chi connectivity index (χ2n) is 7.15. The number of rotatable bonds is 3. The first-order valence-electron chi connectivity index (χ1n) is 9.37. The average molecular weight is 410 g/mol. The van der Waals surface area contributed by atoms with Crippen molar-refractivity contribution >= 4 is 21.6 Å². The summed E-state index contributed by atoms with van der Waals surface area (Å²) < 4.78 is 26.4. The Balaban J connectivity index is 1.57. The Morgan fingerprint density at radius 2 is 1.83 bits per heavy atom. The van der Waals surface area contributed by atoms with Crippen molar-refractivity contribution in [1.82, 2.24) is 15.1 Å². The first-order valence-corrected chi connectivity index (χ1v) is 11.0. The number of aryl methyl sites for hydroxylation is 2. The van der Waals surface area contributed by atoms with Crippen LogP contribution in [0.15, 0.2) is 59.5 Å². The maximum absolute atomic E-state index is 12.7. The van der Waals surface area contributed by atoms with Gasteiger partial charge in [0.2, 0.25) is 0 Å². The van der Waals surface area contributed by atoms with Gasteiger partial charge in [-0.25, -0.2) is 17.9 Å². The molecule has 2 amide bonds. The Labute approximate surface area is 169 Å². The number of amides is 2. The van der Waals surface area contributed by atoms with E-state index in [1.54, 1.807) is 28.9 Å². The van der Waals surface area contributed by atoms with Crippen LogP contribution in [0, 0.1) is 13.8 Å². The zero-order valence-electron chi connectivity index (χ0n) is 16.2. The molecular formula is C21H22N4O3S. The number of carbonyl (C=O) groups excluding carboxylic acids is 1. The number of nitrogens with zero attached hydrogens (tertiary/aromatic N) is 2. The molecule has 2 heterocycles. The molecule has 8 heteroatoms. The minimum absolute atomic E-state index is 0.0112. The summed E-state index contributed by atoms with van der Waals surface area (Å²) in [6.45, 7) is 3.87. The lowest BCUT2D eigenvalue weighted by Crippen LogP contribution is -2.36. The zero-order valence-corrected chi connectivity index (χ0v) is 17.0. The van der Waals surface area contributed by atoms with E-state index in [0.717, 1.165) is 17.1 Å². The van der Waals surface area contributed by atoms with Gasteiger partial charge in [-0.2, -0.15) is 5.10 Å². The number of carbonyl (C=O) groups is 1. The van der Waals surface area contributed by atoms with Gasteiger partial charge in [-0.05, 0) is 50.1 Å². The first-order chi connectivity index (χ1) is 13.8. The predicted octanol–water partition coefficient (Wildman–Crippen LogP) is 3.53. The molecule has 0 saturated carbocycles. The molecular weight excluding hydrogens is 388 g/mol. The Kier molecular flexibility index (Phi) is 4.87. The average Bonchev–Trinajstić information content (AvgIpc) is 3.03. The van der Waals surface area contributed by atoms with Crippen molar-refractivity contribution in [3.63, 3.8) is 0 Å². The second-order valence-corrected chi connectivity index (χ2v) is 9.23. The summed E-state index contributed by atoms with van der Waals surface area (Å²) in [5.41, 5.74) is 3.86. The van der Waals surface area contributed by atoms with Gasteiger partial charge in [-0.1, -0.05) is 30.3 Å². The van der Waals surface area contributed by atoms with E-state index in [1.165, 1.54) is 0 Å². The predicted molar refractivity (Wildman–Crippen MR) is 111 cm³/mol. The topological polar surface area (TPSA) is 93.1 Å². The van der Waals surface area contributed by atoms with Crippen LogP contribution in [0.1, 0.15) is 29.4 Å². The van der Waals surface area contributed by atoms with Crippen molar-refractivity contribution in [2.45, 2.75) is 31.2 Å². The van der Waals surface area contributed by atoms with Crippen molar-refractivity contribution in [2.24, 2.45) is 0 Å². The molecule has 1 atom stereocenters. The molecule has 0 fully saturated rings. The quantitative estimate of drug-likeness (QED) is 0.691. The third-order valence-electron chi connectivity index (χ3n) is 5.00. The Morgan fingerprint density at radius 1 is 1.10 bits per heavy atom. The van der Waals surface area contributed by atoms with Crippen LogP contribution >= 0.6 is 0 Å². The van der Waals surface area contributed by atoms with Gasteiger partial charge in [0.15, 0.2) is 9.84 Å². The number of benzene rings is 2. The number of urea groups is 1. The molecule has 0 saturated heterocycles. The van der Waals surface area contributed by atoms with E-state index in [1.807, 2.05) is 44.2 Å². The van der Waals surface area contributed by atoms with Crippen molar-refractivity contribution in [1.29, 1.82) is 0 Å². The molecule has 150 valence electrons. The van der Waals surface area contributed by atoms with Gasteiger partial charge in [-0.15, -0.1) is 0 Å². The van der Waals surface area contributed by atoms with E-state index in [9.17, 15) is 13.2 Å². The highest BCUT2D eigenvalue weighted by atomic mass is 32.2. The number of aromatic nitrogens is 2. The van der Waals surface area contributed by atoms with E-state index < -0.39 is 15.9 Å². The molecule has 2 N–H and O–H groups in total. The monoisotopic (exact) mass is 410 g/mol. The third kappa shape index (κ3) is 3.75. The molecule has 1 aliphatic rings. The molecule has 0 aliphatic carbocycles. The third-order valence-corrected chi connectivity index (χ3v) is 6.82. The van der Waals surface area contributed by atoms with E-state index in [0.29, 0.717) is 22.6 Å². The lowest BCUT2D eigenvalue weighted by atomic mass is 10.0. The van der Waals surface area contributed by atoms with Crippen LogP contribution < -0.4 is 10.6 Å². The molecule has 29 heavy (non-hydrogen) atoms. The molecule has 1 aromatic heterocycles. The second kappa shape index (κ2) is 7.36. The van der Waals surface area contributed by atoms with E-state index in [2.05, 4.69) is 15.7 Å². The number of nitrogens with one attached hydrogen (secondary N) is 2. The van der Waals surface area contributed by atoms with Crippen LogP contribution in [0.2, 0.25) is 0 Å². The van der Waals surface area contributed by atoms with Gasteiger partial charge in [0.05, 0.1) is 33.8 Å². The van der Waals surface area contributed by atoms with Crippen LogP contribution in [0.5, 0.6) is 0 Å². The van der Waals surface area contributed by atoms with Crippen LogP contribution in [-0.4, -0.2) is 30.0 Å². The number of hydrogen-bond acceptors (Lipinski definition) is 4. The number of hydrogen-bond donors (Lipinski definition) is 2. The van der Waals surface area contributed by atoms with Gasteiger partial charge in [0.1, 0.15) is 0 Å². The van der Waals surface area contributed by atoms with E-state index in [-0.39, 0.29) is 11.8 Å². The first kappa shape index (κ1) is 19.2. The van der Waals surface area contributed by atoms with Crippen LogP contribution in [0.3, 0.4) is 0 Å². The fraction of sp³-hybridized carbons (Fsp3) is 0.238. The molecule has 4 rings (SSSR count). The largest absolute Gasteiger partial charge is 0.331 e. The molecule has 1 unspecified atom stereocenters. The summed E-state index contributed by atoms with van der Waals surface area (Å²) in [7, 11) is -3.30. The molecule has 0 bridgehead atoms. The van der Waals surface area contributed by atoms with E-state index in [4.69, 9.17) is 0 Å². The fourth-order valence-corrected chi connectivity index (χ4v) is 5.31. The molecule has 0 radical (unpaired) electrons. The summed E-state index contributed by atoms with van der Waals surface area (Å²) in [4.78, 5) is 13.0. The molecule has 1 aliphatic heterocycles. The summed E-state index contributed by atoms with van der Waals surface area (Å²) in [5.74, 6) is 0.0112. The summed E-state index contributed by atoms with van der Waals surface area (Å²) in [5, 5.41) is 10.3. The Hall–Kier alpha value is -3.13. The molecule has 2 aromatic carbocycles. The maximum Gasteiger partial charge on any atom is 0.319 e. The summed E-state index contributed by atoms with van der Waals surface area (Å²) in [6.07, 6.45) is 0.339. The fourth-order valence-electron chi connectivity index (χ4n) is 3.69. The Morgan fingerprint density at radius 3 is 2.59 bits per heavy atom. The van der Waals surface area contributed by atoms with Gasteiger partial charge in [0, 0.05) is 5.69 Å². The zero-order chi connectivity index (χ0) is 20.6. The summed E-state index contributed by atoms with van der Waals surface area (Å²) in [6, 6.07) is 15.5. The van der Waals surface area contributed by atoms with Crippen LogP contribution in [-0.2, 0) is 9.84 Å². The van der Waals surface area contributed by atoms with E-state index >= 15 is 0 Å². The number of sulfone groups is 1. The van der Waals surface area contributed by atoms with Gasteiger partial charge in [0.25, 0.3) is 0 Å². The minimum atomic E-state index is -3.30. The lowest BCUT2D eigenvalue weighted by molar-refractivity contribution is 0.248. The van der Waals surface area contributed by atoms with Crippen molar-refractivity contribution in [3.05, 3.63) is 71.5 Å². The van der Waals surface area contributed by atoms with Crippen molar-refractivity contribution in [3.8, 4) is 5.69 Å². The highest BCUT2D eigenvalue weighted by Gasteiger charge is 2.30. The van der Waals surface area contributed by atoms with Crippen LogP contribution in [0.4, 0.5) is 10.5 Å².